The molecule has 1 aliphatic heterocycles. The zero-order valence-electron chi connectivity index (χ0n) is 14.3. The molecule has 0 unspecified atom stereocenters. The fourth-order valence-electron chi connectivity index (χ4n) is 2.85. The maximum absolute atomic E-state index is 12.8. The van der Waals surface area contributed by atoms with Crippen LogP contribution in [0.1, 0.15) is 0 Å². The van der Waals surface area contributed by atoms with E-state index in [0.29, 0.717) is 14.5 Å². The number of sulfonamides is 1. The Morgan fingerprint density at radius 1 is 1.08 bits per heavy atom. The standard InChI is InChI=1S/C17H20Cl2N4O2S/c1-21-7-9-22(10-8-21)17-6-5-15(12-16(17)20)26(24,25)23(19)14-4-2-3-13(18)11-14/h2-6,11-12H,7-10,20H2,1H3. The van der Waals surface area contributed by atoms with Crippen molar-refractivity contribution in [2.24, 2.45) is 0 Å². The molecule has 0 saturated carbocycles. The second-order valence-electron chi connectivity index (χ2n) is 6.21. The highest BCUT2D eigenvalue weighted by molar-refractivity contribution is 7.94. The Hall–Kier alpha value is -1.67. The van der Waals surface area contributed by atoms with E-state index in [1.807, 2.05) is 0 Å². The maximum Gasteiger partial charge on any atom is 0.278 e. The van der Waals surface area contributed by atoms with Gasteiger partial charge in [-0.25, -0.2) is 0 Å². The molecule has 0 amide bonds. The van der Waals surface area contributed by atoms with Gasteiger partial charge >= 0.3 is 0 Å². The first-order valence-corrected chi connectivity index (χ1v) is 10.2. The highest BCUT2D eigenvalue weighted by atomic mass is 35.5. The topological polar surface area (TPSA) is 69.9 Å². The molecule has 0 radical (unpaired) electrons. The number of nitrogens with two attached hydrogens (primary N) is 1. The summed E-state index contributed by atoms with van der Waals surface area (Å²) < 4.78 is 26.3. The summed E-state index contributed by atoms with van der Waals surface area (Å²) in [6, 6.07) is 11.0. The summed E-state index contributed by atoms with van der Waals surface area (Å²) in [6.45, 7) is 3.56. The van der Waals surface area contributed by atoms with Crippen LogP contribution in [0.5, 0.6) is 0 Å². The highest BCUT2D eigenvalue weighted by Crippen LogP contribution is 2.32. The third-order valence-corrected chi connectivity index (χ3v) is 6.82. The minimum absolute atomic E-state index is 0.0304. The number of nitrogen functional groups attached to an aromatic ring is 1. The zero-order valence-corrected chi connectivity index (χ0v) is 16.6. The molecule has 0 bridgehead atoms. The van der Waals surface area contributed by atoms with Gasteiger partial charge in [0.25, 0.3) is 10.0 Å². The summed E-state index contributed by atoms with van der Waals surface area (Å²) in [5.41, 5.74) is 7.65. The van der Waals surface area contributed by atoms with Gasteiger partial charge in [-0.1, -0.05) is 17.7 Å². The Morgan fingerprint density at radius 2 is 1.77 bits per heavy atom. The van der Waals surface area contributed by atoms with Crippen LogP contribution in [0.25, 0.3) is 0 Å². The molecule has 2 N–H and O–H groups in total. The van der Waals surface area contributed by atoms with E-state index in [9.17, 15) is 8.42 Å². The summed E-state index contributed by atoms with van der Waals surface area (Å²) in [5, 5.41) is 0.397. The number of piperazine rings is 1. The van der Waals surface area contributed by atoms with Crippen molar-refractivity contribution in [3.05, 3.63) is 47.5 Å². The third-order valence-electron chi connectivity index (χ3n) is 4.36. The average Bonchev–Trinajstić information content (AvgIpc) is 2.62. The lowest BCUT2D eigenvalue weighted by Crippen LogP contribution is -2.44. The van der Waals surface area contributed by atoms with Crippen LogP contribution in [0.2, 0.25) is 5.02 Å². The van der Waals surface area contributed by atoms with Crippen molar-refractivity contribution in [1.29, 1.82) is 0 Å². The maximum atomic E-state index is 12.8. The summed E-state index contributed by atoms with van der Waals surface area (Å²) >= 11 is 12.0. The van der Waals surface area contributed by atoms with Crippen LogP contribution in [0.15, 0.2) is 47.4 Å². The highest BCUT2D eigenvalue weighted by Gasteiger charge is 2.25. The van der Waals surface area contributed by atoms with Crippen molar-refractivity contribution in [3.8, 4) is 0 Å². The van der Waals surface area contributed by atoms with Crippen molar-refractivity contribution in [1.82, 2.24) is 4.90 Å². The van der Waals surface area contributed by atoms with E-state index in [4.69, 9.17) is 29.1 Å². The van der Waals surface area contributed by atoms with Gasteiger partial charge in [-0.2, -0.15) is 12.2 Å². The number of nitrogens with zero attached hydrogens (tertiary/aromatic N) is 3. The zero-order chi connectivity index (χ0) is 18.9. The van der Waals surface area contributed by atoms with E-state index in [1.54, 1.807) is 24.3 Å². The Labute approximate surface area is 163 Å². The summed E-state index contributed by atoms with van der Waals surface area (Å²) in [7, 11) is -1.88. The van der Waals surface area contributed by atoms with Gasteiger partial charge in [0.15, 0.2) is 0 Å². The normalized spacial score (nSPS) is 15.9. The summed E-state index contributed by atoms with van der Waals surface area (Å²) in [4.78, 5) is 4.42. The lowest BCUT2D eigenvalue weighted by Gasteiger charge is -2.34. The molecule has 1 saturated heterocycles. The Balaban J connectivity index is 1.88. The van der Waals surface area contributed by atoms with Gasteiger partial charge in [-0.3, -0.25) is 0 Å². The second kappa shape index (κ2) is 7.52. The Kier molecular flexibility index (Phi) is 5.53. The van der Waals surface area contributed by atoms with E-state index in [1.165, 1.54) is 18.2 Å². The molecular weight excluding hydrogens is 395 g/mol. The molecule has 9 heteroatoms. The van der Waals surface area contributed by atoms with Crippen molar-refractivity contribution in [3.63, 3.8) is 0 Å². The van der Waals surface area contributed by atoms with Crippen molar-refractivity contribution >= 4 is 50.5 Å². The van der Waals surface area contributed by atoms with Crippen LogP contribution in [0.3, 0.4) is 0 Å². The van der Waals surface area contributed by atoms with E-state index in [-0.39, 0.29) is 10.6 Å². The van der Waals surface area contributed by atoms with Crippen LogP contribution in [0, 0.1) is 0 Å². The molecule has 26 heavy (non-hydrogen) atoms. The van der Waals surface area contributed by atoms with Gasteiger partial charge in [0.1, 0.15) is 0 Å². The van der Waals surface area contributed by atoms with Crippen molar-refractivity contribution < 1.29 is 8.42 Å². The number of hydrogen-bond donors (Lipinski definition) is 1. The van der Waals surface area contributed by atoms with Crippen LogP contribution >= 0.6 is 23.4 Å². The molecule has 1 aliphatic rings. The minimum atomic E-state index is -3.95. The lowest BCUT2D eigenvalue weighted by molar-refractivity contribution is 0.313. The van der Waals surface area contributed by atoms with E-state index in [0.717, 1.165) is 31.9 Å². The van der Waals surface area contributed by atoms with Gasteiger partial charge in [0, 0.05) is 43.0 Å². The fraction of sp³-hybridized carbons (Fsp3) is 0.294. The van der Waals surface area contributed by atoms with Crippen LogP contribution < -0.4 is 14.5 Å². The van der Waals surface area contributed by atoms with E-state index < -0.39 is 10.0 Å². The first-order valence-electron chi connectivity index (χ1n) is 8.09. The molecule has 1 fully saturated rings. The van der Waals surface area contributed by atoms with E-state index >= 15 is 0 Å². The molecule has 3 rings (SSSR count). The average molecular weight is 415 g/mol. The second-order valence-corrected chi connectivity index (χ2v) is 8.97. The lowest BCUT2D eigenvalue weighted by atomic mass is 10.2. The molecule has 0 aliphatic carbocycles. The Morgan fingerprint density at radius 3 is 2.38 bits per heavy atom. The van der Waals surface area contributed by atoms with Crippen LogP contribution in [-0.2, 0) is 10.0 Å². The van der Waals surface area contributed by atoms with Gasteiger partial charge in [-0.15, -0.1) is 0 Å². The Bertz CT molecular complexity index is 899. The number of benzene rings is 2. The SMILES string of the molecule is CN1CCN(c2ccc(S(=O)(=O)N(Cl)c3cccc(Cl)c3)cc2N)CC1. The van der Waals surface area contributed by atoms with Crippen LogP contribution in [0.4, 0.5) is 17.1 Å². The number of likely N-dealkylation sites (N-methyl/N-ethyl adjacent to an activating group) is 1. The third kappa shape index (κ3) is 3.86. The predicted octanol–water partition coefficient (Wildman–Crippen LogP) is 3.02. The molecular formula is C17H20Cl2N4O2S. The van der Waals surface area contributed by atoms with Crippen molar-refractivity contribution in [2.45, 2.75) is 4.90 Å². The molecule has 2 aromatic carbocycles. The van der Waals surface area contributed by atoms with E-state index in [2.05, 4.69) is 16.8 Å². The first kappa shape index (κ1) is 19.1. The van der Waals surface area contributed by atoms with Gasteiger partial charge in [0.05, 0.1) is 22.0 Å². The van der Waals surface area contributed by atoms with Gasteiger partial charge in [-0.05, 0) is 43.4 Å². The number of rotatable bonds is 4. The van der Waals surface area contributed by atoms with Crippen LogP contribution in [-0.4, -0.2) is 46.5 Å². The number of hydrogen-bond acceptors (Lipinski definition) is 5. The quantitative estimate of drug-likeness (QED) is 0.614. The summed E-state index contributed by atoms with van der Waals surface area (Å²) in [6.07, 6.45) is 0. The smallest absolute Gasteiger partial charge is 0.278 e. The molecule has 140 valence electrons. The molecule has 1 heterocycles. The number of anilines is 3. The molecule has 6 nitrogen and oxygen atoms in total. The molecule has 0 aromatic heterocycles. The first-order chi connectivity index (χ1) is 12.3. The molecule has 2 aromatic rings. The predicted molar refractivity (Wildman–Crippen MR) is 108 cm³/mol. The van der Waals surface area contributed by atoms with Gasteiger partial charge in [0.2, 0.25) is 0 Å². The largest absolute Gasteiger partial charge is 0.397 e. The van der Waals surface area contributed by atoms with Gasteiger partial charge < -0.3 is 15.5 Å². The minimum Gasteiger partial charge on any atom is -0.397 e. The molecule has 0 spiro atoms. The fourth-order valence-corrected chi connectivity index (χ4v) is 4.47. The number of halogens is 2. The monoisotopic (exact) mass is 414 g/mol. The molecule has 0 atom stereocenters. The van der Waals surface area contributed by atoms with Crippen molar-refractivity contribution in [2.75, 3.05) is 47.7 Å². The summed E-state index contributed by atoms with van der Waals surface area (Å²) in [5.74, 6) is 0.